The fourth-order valence-corrected chi connectivity index (χ4v) is 12.5. The summed E-state index contributed by atoms with van der Waals surface area (Å²) in [5.41, 5.74) is -3.42. The summed E-state index contributed by atoms with van der Waals surface area (Å²) >= 11 is 12.0. The minimum Gasteiger partial charge on any atom is -0.505 e. The highest BCUT2D eigenvalue weighted by atomic mass is 35.5. The van der Waals surface area contributed by atoms with Crippen LogP contribution in [0.3, 0.4) is 0 Å². The van der Waals surface area contributed by atoms with Crippen molar-refractivity contribution in [1.82, 2.24) is 0 Å². The first-order valence-electron chi connectivity index (χ1n) is 22.0. The normalized spacial score (nSPS) is 13.2. The molecule has 13 N–H and O–H groups in total. The molecule has 86 heavy (non-hydrogen) atoms. The van der Waals surface area contributed by atoms with E-state index in [1.54, 1.807) is 0 Å². The van der Waals surface area contributed by atoms with Crippen LogP contribution in [0.5, 0.6) is 17.2 Å². The molecular weight excluding hydrogens is 1320 g/mol. The molecule has 0 unspecified atom stereocenters. The van der Waals surface area contributed by atoms with Gasteiger partial charge in [0.1, 0.15) is 64.3 Å². The van der Waals surface area contributed by atoms with Crippen molar-refractivity contribution in [1.29, 1.82) is 0 Å². The maximum atomic E-state index is 13.1. The molecular formula is C44H27Cl2N9O25S6. The van der Waals surface area contributed by atoms with Gasteiger partial charge in [0, 0.05) is 26.6 Å². The Kier molecular flexibility index (Phi) is 16.3. The van der Waals surface area contributed by atoms with Gasteiger partial charge >= 0.3 is 11.9 Å². The summed E-state index contributed by atoms with van der Waals surface area (Å²) in [5, 5.41) is 77.5. The molecule has 42 heteroatoms. The number of benzene rings is 8. The van der Waals surface area contributed by atoms with Crippen LogP contribution in [0.15, 0.2) is 155 Å². The van der Waals surface area contributed by atoms with Gasteiger partial charge in [-0.3, -0.25) is 27.3 Å². The largest absolute Gasteiger partial charge is 0.505 e. The number of nitrogens with two attached hydrogens (primary N) is 1. The number of anilines is 1. The Labute approximate surface area is 488 Å². The molecule has 8 aromatic carbocycles. The van der Waals surface area contributed by atoms with Crippen LogP contribution >= 0.6 is 23.2 Å². The number of aromatic hydroxyl groups is 3. The van der Waals surface area contributed by atoms with Crippen molar-refractivity contribution in [3.8, 4) is 17.2 Å². The summed E-state index contributed by atoms with van der Waals surface area (Å²) in [7, 11) is -33.0. The smallest absolute Gasteiger partial charge is 0.338 e. The fraction of sp³-hybridized carbons (Fsp3) is 0. The van der Waals surface area contributed by atoms with Gasteiger partial charge in [-0.2, -0.15) is 55.6 Å². The number of carbonyl (C=O) groups is 2. The number of carboxylic acid groups (broad SMARTS) is 2. The van der Waals surface area contributed by atoms with E-state index in [1.807, 2.05) is 0 Å². The summed E-state index contributed by atoms with van der Waals surface area (Å²) in [4.78, 5) is 16.0. The maximum Gasteiger partial charge on any atom is 0.338 e. The van der Waals surface area contributed by atoms with E-state index in [4.69, 9.17) is 28.9 Å². The van der Waals surface area contributed by atoms with Crippen molar-refractivity contribution >= 4 is 179 Å². The molecule has 8 aromatic rings. The van der Waals surface area contributed by atoms with E-state index in [1.165, 1.54) is 0 Å². The number of rotatable bonds is 16. The second kappa shape index (κ2) is 22.2. The lowest BCUT2D eigenvalue weighted by molar-refractivity contribution is 0.0686. The van der Waals surface area contributed by atoms with Gasteiger partial charge < -0.3 is 31.3 Å². The van der Waals surface area contributed by atoms with Crippen LogP contribution in [0.1, 0.15) is 20.7 Å². The Bertz CT molecular complexity index is 5260. The van der Waals surface area contributed by atoms with E-state index >= 15 is 0 Å². The summed E-state index contributed by atoms with van der Waals surface area (Å²) in [6.45, 7) is 0. The number of hydrogen-bond acceptors (Lipinski definition) is 26. The zero-order valence-electron chi connectivity index (χ0n) is 41.1. The van der Waals surface area contributed by atoms with Crippen LogP contribution in [0.2, 0.25) is 10.0 Å². The predicted octanol–water partition coefficient (Wildman–Crippen LogP) is 9.69. The number of aromatic carboxylic acids is 2. The third-order valence-electron chi connectivity index (χ3n) is 11.7. The minimum atomic E-state index is -5.71. The van der Waals surface area contributed by atoms with Crippen LogP contribution in [-0.2, 0) is 60.7 Å². The number of halogens is 2. The van der Waals surface area contributed by atoms with Crippen LogP contribution in [-0.4, -0.2) is 115 Å². The lowest BCUT2D eigenvalue weighted by Crippen LogP contribution is -2.04. The highest BCUT2D eigenvalue weighted by Gasteiger charge is 2.32. The van der Waals surface area contributed by atoms with Crippen molar-refractivity contribution in [2.24, 2.45) is 40.9 Å². The van der Waals surface area contributed by atoms with E-state index < -0.39 is 208 Å². The summed E-state index contributed by atoms with van der Waals surface area (Å²) in [6, 6.07) is 9.81. The molecule has 0 aliphatic heterocycles. The summed E-state index contributed by atoms with van der Waals surface area (Å²) in [5.74, 6) is -7.32. The Morgan fingerprint density at radius 1 is 0.407 bits per heavy atom. The number of phenols is 3. The van der Waals surface area contributed by atoms with Crippen molar-refractivity contribution in [3.05, 3.63) is 106 Å². The van der Waals surface area contributed by atoms with E-state index in [-0.39, 0.29) is 15.8 Å². The van der Waals surface area contributed by atoms with Gasteiger partial charge in [0.05, 0.1) is 37.8 Å². The van der Waals surface area contributed by atoms with Gasteiger partial charge in [-0.05, 0) is 90.3 Å². The number of nitrogen functional groups attached to an aromatic ring is 1. The second-order valence-corrected chi connectivity index (χ2v) is 26.3. The van der Waals surface area contributed by atoms with Gasteiger partial charge in [0.2, 0.25) is 0 Å². The Morgan fingerprint density at radius 2 is 0.884 bits per heavy atom. The molecule has 8 rings (SSSR count). The monoisotopic (exact) mass is 1340 g/mol. The standard InChI is InChI=1S/C44H27Cl2N9O25S6/c45-16-9-24(44(61)62)35(25(46)10-16)52-55-37-31(84(72,73)74)12-21-20(40(37)57)4-6-27(42(21)86(78,79)80)50-51-28-14-29(82(66,67)68)23-13-32(85(75,76)77)38(41(58)33(23)34(28)47)53-48-17-1-3-19-15(7-17)8-30(83(69,70)71)36(39(19)56)54-49-26-5-2-18(81(63,64)65)11-22(26)43(59)60/h1-14,56-58H,47H2,(H,59,60)(H,61,62)(H,63,64,65)(H,66,67,68)(H,69,70,71)(H,72,73,74)(H,75,76,77)(H,78,79,80)/b51-50?,53-48?,54-49-,55-52?. The summed E-state index contributed by atoms with van der Waals surface area (Å²) < 4.78 is 212. The molecule has 0 radical (unpaired) electrons. The number of nitrogens with zero attached hydrogens (tertiary/aromatic N) is 8. The zero-order valence-corrected chi connectivity index (χ0v) is 47.5. The van der Waals surface area contributed by atoms with Gasteiger partial charge in [-0.15, -0.1) is 35.8 Å². The highest BCUT2D eigenvalue weighted by Crippen LogP contribution is 2.51. The highest BCUT2D eigenvalue weighted by molar-refractivity contribution is 7.87. The third-order valence-corrected chi connectivity index (χ3v) is 17.5. The van der Waals surface area contributed by atoms with Crippen molar-refractivity contribution in [2.45, 2.75) is 29.4 Å². The maximum absolute atomic E-state index is 13.1. The number of hydrogen-bond donors (Lipinski definition) is 12. The topological polar surface area (TPSA) is 586 Å². The fourth-order valence-electron chi connectivity index (χ4n) is 8.00. The molecule has 0 bridgehead atoms. The molecule has 448 valence electrons. The van der Waals surface area contributed by atoms with Crippen LogP contribution < -0.4 is 5.73 Å². The first-order valence-corrected chi connectivity index (χ1v) is 31.3. The number of phenolic OH excluding ortho intramolecular Hbond substituents is 3. The first kappa shape index (κ1) is 63.1. The third kappa shape index (κ3) is 12.4. The Hall–Kier alpha value is -8.88. The van der Waals surface area contributed by atoms with Crippen LogP contribution in [0.4, 0.5) is 51.2 Å². The molecule has 0 aromatic heterocycles. The second-order valence-electron chi connectivity index (χ2n) is 17.1. The van der Waals surface area contributed by atoms with E-state index in [0.717, 1.165) is 42.5 Å². The SMILES string of the molecule is Nc1c(N=Nc2ccc3c(O)c(N=Nc4c(Cl)cc(Cl)cc4C(=O)O)c(S(=O)(=O)O)cc3c2S(=O)(=O)O)cc(S(=O)(=O)O)c2cc(S(=O)(=O)O)c(N=Nc3ccc4c(O)c(/N=N\c5ccc(S(=O)(=O)O)cc5C(=O)O)c(S(=O)(=O)O)cc4c3)c(O)c12. The molecule has 34 nitrogen and oxygen atoms in total. The lowest BCUT2D eigenvalue weighted by Gasteiger charge is -2.15. The number of azo groups is 4. The molecule has 0 saturated carbocycles. The molecule has 0 atom stereocenters. The van der Waals surface area contributed by atoms with Gasteiger partial charge in [-0.25, -0.2) is 9.59 Å². The predicted molar refractivity (Wildman–Crippen MR) is 294 cm³/mol. The molecule has 0 amide bonds. The van der Waals surface area contributed by atoms with E-state index in [0.29, 0.717) is 42.5 Å². The summed E-state index contributed by atoms with van der Waals surface area (Å²) in [6.07, 6.45) is 0. The molecule has 0 spiro atoms. The molecule has 0 fully saturated rings. The van der Waals surface area contributed by atoms with Crippen molar-refractivity contribution < 1.29 is 113 Å². The van der Waals surface area contributed by atoms with E-state index in [2.05, 4.69) is 40.9 Å². The molecule has 0 saturated heterocycles. The van der Waals surface area contributed by atoms with Crippen molar-refractivity contribution in [3.63, 3.8) is 0 Å². The van der Waals surface area contributed by atoms with Crippen LogP contribution in [0.25, 0.3) is 32.3 Å². The van der Waals surface area contributed by atoms with Crippen LogP contribution in [0, 0.1) is 0 Å². The van der Waals surface area contributed by atoms with E-state index in [9.17, 15) is 113 Å². The van der Waals surface area contributed by atoms with Crippen molar-refractivity contribution in [2.75, 3.05) is 5.73 Å². The Balaban J connectivity index is 1.27. The molecule has 0 aliphatic carbocycles. The number of fused-ring (bicyclic) bond motifs is 3. The zero-order chi connectivity index (χ0) is 63.9. The quantitative estimate of drug-likeness (QED) is 0.0243. The Morgan fingerprint density at radius 3 is 1.44 bits per heavy atom. The lowest BCUT2D eigenvalue weighted by atomic mass is 10.0. The molecule has 0 aliphatic rings. The first-order chi connectivity index (χ1) is 39.6. The average molecular weight is 1350 g/mol. The van der Waals surface area contributed by atoms with Gasteiger partial charge in [0.25, 0.3) is 60.7 Å². The molecule has 0 heterocycles. The number of carboxylic acids is 2. The minimum absolute atomic E-state index is 0.192. The average Bonchev–Trinajstić information content (AvgIpc) is 0.857. The van der Waals surface area contributed by atoms with Gasteiger partial charge in [0.15, 0.2) is 17.2 Å². The van der Waals surface area contributed by atoms with Gasteiger partial charge in [-0.1, -0.05) is 23.2 Å².